The number of anilines is 3. The normalized spacial score (nSPS) is 22.6. The maximum absolute atomic E-state index is 14.0. The number of pyridine rings is 1. The van der Waals surface area contributed by atoms with Crippen molar-refractivity contribution in [2.75, 3.05) is 74.0 Å². The number of amides is 3. The van der Waals surface area contributed by atoms with E-state index in [9.17, 15) is 27.6 Å². The second kappa shape index (κ2) is 17.3. The average molecular weight is 877 g/mol. The van der Waals surface area contributed by atoms with Gasteiger partial charge in [0, 0.05) is 119 Å². The lowest BCUT2D eigenvalue weighted by molar-refractivity contribution is -0.136. The molecule has 2 aromatic carbocycles. The molecule has 2 N–H and O–H groups in total. The molecule has 1 saturated carbocycles. The predicted molar refractivity (Wildman–Crippen MR) is 239 cm³/mol. The number of sulfonamides is 1. The number of piperidine rings is 3. The van der Waals surface area contributed by atoms with Crippen molar-refractivity contribution in [2.24, 2.45) is 5.92 Å². The lowest BCUT2D eigenvalue weighted by Gasteiger charge is -2.40. The number of nitrogens with one attached hydrogen (secondary N) is 2. The summed E-state index contributed by atoms with van der Waals surface area (Å²) in [6.45, 7) is 7.57. The monoisotopic (exact) mass is 876 g/mol. The fourth-order valence-corrected chi connectivity index (χ4v) is 12.2. The van der Waals surface area contributed by atoms with Crippen LogP contribution in [0.3, 0.4) is 0 Å². The highest BCUT2D eigenvalue weighted by molar-refractivity contribution is 7.89. The lowest BCUT2D eigenvalue weighted by atomic mass is 9.95. The van der Waals surface area contributed by atoms with E-state index in [4.69, 9.17) is 4.98 Å². The van der Waals surface area contributed by atoms with Gasteiger partial charge < -0.3 is 20.0 Å². The zero-order valence-electron chi connectivity index (χ0n) is 35.7. The molecule has 4 saturated heterocycles. The molecule has 7 heterocycles. The second-order valence-corrected chi connectivity index (χ2v) is 20.2. The van der Waals surface area contributed by atoms with Crippen LogP contribution in [0.5, 0.6) is 0 Å². The molecule has 3 amide bonds. The summed E-state index contributed by atoms with van der Waals surface area (Å²) in [4.78, 5) is 68.7. The van der Waals surface area contributed by atoms with Crippen molar-refractivity contribution in [1.82, 2.24) is 34.0 Å². The summed E-state index contributed by atoms with van der Waals surface area (Å²) < 4.78 is 31.3. The van der Waals surface area contributed by atoms with Gasteiger partial charge in [0.15, 0.2) is 0 Å². The number of fused-ring (bicyclic) bond motifs is 2. The van der Waals surface area contributed by atoms with E-state index in [1.165, 1.54) is 0 Å². The minimum absolute atomic E-state index is 0.0128. The number of carbonyl (C=O) groups is 3. The third-order valence-corrected chi connectivity index (χ3v) is 16.2. The summed E-state index contributed by atoms with van der Waals surface area (Å²) >= 11 is 0. The number of piperazine rings is 1. The fraction of sp³-hybridized carbons (Fsp3) is 0.522. The number of rotatable bonds is 10. The Morgan fingerprint density at radius 3 is 2.27 bits per heavy atom. The maximum atomic E-state index is 14.0. The van der Waals surface area contributed by atoms with Crippen molar-refractivity contribution in [3.05, 3.63) is 82.3 Å². The van der Waals surface area contributed by atoms with E-state index >= 15 is 0 Å². The second-order valence-electron chi connectivity index (χ2n) is 18.2. The zero-order valence-corrected chi connectivity index (χ0v) is 36.5. The molecule has 1 aliphatic carbocycles. The third-order valence-electron chi connectivity index (χ3n) is 14.3. The van der Waals surface area contributed by atoms with E-state index in [1.807, 2.05) is 34.9 Å². The minimum Gasteiger partial charge on any atom is -0.372 e. The van der Waals surface area contributed by atoms with Gasteiger partial charge in [-0.1, -0.05) is 18.9 Å². The molecule has 0 bridgehead atoms. The van der Waals surface area contributed by atoms with Crippen LogP contribution in [0, 0.1) is 5.92 Å². The molecule has 5 aliphatic heterocycles. The van der Waals surface area contributed by atoms with Gasteiger partial charge in [-0.3, -0.25) is 34.0 Å². The minimum atomic E-state index is -3.69. The van der Waals surface area contributed by atoms with Crippen LogP contribution in [0.15, 0.2) is 70.5 Å². The molecule has 1 atom stereocenters. The molecular weight excluding hydrogens is 821 g/mol. The lowest BCUT2D eigenvalue weighted by Crippen LogP contribution is -2.52. The van der Waals surface area contributed by atoms with E-state index in [2.05, 4.69) is 36.4 Å². The van der Waals surface area contributed by atoms with E-state index < -0.39 is 22.0 Å². The fourth-order valence-electron chi connectivity index (χ4n) is 10.7. The third kappa shape index (κ3) is 8.42. The highest BCUT2D eigenvalue weighted by Gasteiger charge is 2.39. The van der Waals surface area contributed by atoms with Gasteiger partial charge in [-0.15, -0.1) is 0 Å². The average Bonchev–Trinajstić information content (AvgIpc) is 3.95. The van der Waals surface area contributed by atoms with Gasteiger partial charge in [0.2, 0.25) is 27.8 Å². The van der Waals surface area contributed by atoms with Crippen LogP contribution in [0.1, 0.15) is 86.2 Å². The van der Waals surface area contributed by atoms with Crippen LogP contribution in [-0.2, 0) is 26.2 Å². The van der Waals surface area contributed by atoms with Crippen molar-refractivity contribution in [1.29, 1.82) is 0 Å². The van der Waals surface area contributed by atoms with Crippen molar-refractivity contribution in [2.45, 2.75) is 93.8 Å². The molecule has 4 aromatic rings. The largest absolute Gasteiger partial charge is 0.372 e. The molecule has 10 rings (SSSR count). The van der Waals surface area contributed by atoms with Crippen LogP contribution in [0.25, 0.3) is 11.0 Å². The smallest absolute Gasteiger partial charge is 0.255 e. The Balaban J connectivity index is 0.689. The van der Waals surface area contributed by atoms with Crippen LogP contribution in [-0.4, -0.2) is 126 Å². The topological polar surface area (TPSA) is 173 Å². The SMILES string of the molecule is O=C1CCC(N2Cc3cc(N4CCC(CN5CCN(c6cccc(S(=O)(=O)N7CCC(Nc8ncc9ccc(=O)n(C%10CCCC%10)c9n8)CC7)c6)CC5)CC4)ccc3C2=O)C(=O)N1. The molecule has 2 aromatic heterocycles. The number of imide groups is 1. The Bertz CT molecular complexity index is 2570. The van der Waals surface area contributed by atoms with E-state index in [1.54, 1.807) is 33.6 Å². The zero-order chi connectivity index (χ0) is 43.2. The number of benzene rings is 2. The Hall–Kier alpha value is -5.39. The summed E-state index contributed by atoms with van der Waals surface area (Å²) in [6.07, 6.45) is 9.93. The van der Waals surface area contributed by atoms with Crippen LogP contribution < -0.4 is 26.0 Å². The highest BCUT2D eigenvalue weighted by atomic mass is 32.2. The number of carbonyl (C=O) groups excluding carboxylic acids is 3. The molecule has 6 aliphatic rings. The molecule has 16 nitrogen and oxygen atoms in total. The van der Waals surface area contributed by atoms with Gasteiger partial charge in [0.1, 0.15) is 11.7 Å². The molecule has 17 heteroatoms. The molecule has 332 valence electrons. The molecule has 0 spiro atoms. The van der Waals surface area contributed by atoms with Crippen molar-refractivity contribution in [3.63, 3.8) is 0 Å². The van der Waals surface area contributed by atoms with Crippen LogP contribution in [0.4, 0.5) is 17.3 Å². The van der Waals surface area contributed by atoms with E-state index in [-0.39, 0.29) is 35.9 Å². The summed E-state index contributed by atoms with van der Waals surface area (Å²) in [5, 5.41) is 6.65. The molecule has 63 heavy (non-hydrogen) atoms. The Morgan fingerprint density at radius 2 is 1.51 bits per heavy atom. The number of hydrogen-bond acceptors (Lipinski definition) is 12. The van der Waals surface area contributed by atoms with Crippen LogP contribution >= 0.6 is 0 Å². The number of nitrogens with zero attached hydrogens (tertiary/aromatic N) is 8. The van der Waals surface area contributed by atoms with Crippen molar-refractivity contribution in [3.8, 4) is 0 Å². The standard InChI is InChI=1S/C46H56N10O6S/c57-41-12-11-40(44(59)49-41)55-30-33-26-37(9-10-39(33)45(55)60)52-18-14-31(15-19-52)29-51-22-24-53(25-23-51)36-6-3-7-38(27-36)63(61,62)54-20-16-34(17-21-54)48-46-47-28-32-8-13-42(58)56(43(32)50-46)35-4-1-2-5-35/h3,6-10,13,26-28,31,34-35,40H,1-2,4-5,11-12,14-25,29-30H2,(H,47,48,50)(H,49,57,59). The van der Waals surface area contributed by atoms with Crippen molar-refractivity contribution < 1.29 is 22.8 Å². The molecular formula is C46H56N10O6S. The number of hydrogen-bond donors (Lipinski definition) is 2. The Labute approximate surface area is 367 Å². The first-order valence-corrected chi connectivity index (χ1v) is 24.3. The van der Waals surface area contributed by atoms with Gasteiger partial charge in [0.05, 0.1) is 4.90 Å². The van der Waals surface area contributed by atoms with Gasteiger partial charge in [-0.2, -0.15) is 9.29 Å². The van der Waals surface area contributed by atoms with E-state index in [0.29, 0.717) is 66.9 Å². The van der Waals surface area contributed by atoms with Gasteiger partial charge in [-0.25, -0.2) is 13.4 Å². The maximum Gasteiger partial charge on any atom is 0.255 e. The molecule has 5 fully saturated rings. The highest BCUT2D eigenvalue weighted by Crippen LogP contribution is 2.34. The summed E-state index contributed by atoms with van der Waals surface area (Å²) in [7, 11) is -3.69. The molecule has 1 unspecified atom stereocenters. The van der Waals surface area contributed by atoms with Gasteiger partial charge in [-0.05, 0) is 98.9 Å². The quantitative estimate of drug-likeness (QED) is 0.220. The molecule has 0 radical (unpaired) electrons. The van der Waals surface area contributed by atoms with Crippen molar-refractivity contribution >= 4 is 56.1 Å². The summed E-state index contributed by atoms with van der Waals surface area (Å²) in [6, 6.07) is 16.4. The van der Waals surface area contributed by atoms with Gasteiger partial charge in [0.25, 0.3) is 11.5 Å². The van der Waals surface area contributed by atoms with Gasteiger partial charge >= 0.3 is 0 Å². The van der Waals surface area contributed by atoms with E-state index in [0.717, 1.165) is 107 Å². The number of aromatic nitrogens is 3. The first-order chi connectivity index (χ1) is 30.6. The van der Waals surface area contributed by atoms with Crippen LogP contribution in [0.2, 0.25) is 0 Å². The first-order valence-electron chi connectivity index (χ1n) is 22.8. The predicted octanol–water partition coefficient (Wildman–Crippen LogP) is 3.97. The Kier molecular flexibility index (Phi) is 11.4. The summed E-state index contributed by atoms with van der Waals surface area (Å²) in [5.41, 5.74) is 4.22. The Morgan fingerprint density at radius 1 is 0.762 bits per heavy atom. The summed E-state index contributed by atoms with van der Waals surface area (Å²) in [5.74, 6) is 0.227. The first kappa shape index (κ1) is 41.6.